The van der Waals surface area contributed by atoms with E-state index in [0.29, 0.717) is 19.1 Å². The van der Waals surface area contributed by atoms with Gasteiger partial charge in [0.05, 0.1) is 6.54 Å². The van der Waals surface area contributed by atoms with Crippen molar-refractivity contribution < 1.29 is 4.79 Å². The summed E-state index contributed by atoms with van der Waals surface area (Å²) in [6.45, 7) is 0.748. The number of carbonyl (C=O) groups excluding carboxylic acids is 1. The summed E-state index contributed by atoms with van der Waals surface area (Å²) in [6, 6.07) is 4.18. The zero-order valence-corrected chi connectivity index (χ0v) is 10.0. The lowest BCUT2D eigenvalue weighted by Gasteiger charge is -2.20. The van der Waals surface area contributed by atoms with Gasteiger partial charge in [0.1, 0.15) is 5.82 Å². The molecule has 17 heavy (non-hydrogen) atoms. The Morgan fingerprint density at radius 3 is 3.06 bits per heavy atom. The fraction of sp³-hybridized carbons (Fsp3) is 0.500. The SMILES string of the molecule is CN(CC(=O)NC1CC1)c1ncccc1CN. The molecule has 5 nitrogen and oxygen atoms in total. The summed E-state index contributed by atoms with van der Waals surface area (Å²) in [5, 5.41) is 2.95. The van der Waals surface area contributed by atoms with E-state index in [1.807, 2.05) is 24.1 Å². The van der Waals surface area contributed by atoms with Crippen molar-refractivity contribution in [1.29, 1.82) is 0 Å². The van der Waals surface area contributed by atoms with Crippen LogP contribution in [0.2, 0.25) is 0 Å². The van der Waals surface area contributed by atoms with E-state index in [-0.39, 0.29) is 5.91 Å². The van der Waals surface area contributed by atoms with Crippen LogP contribution >= 0.6 is 0 Å². The number of rotatable bonds is 5. The molecule has 3 N–H and O–H groups in total. The highest BCUT2D eigenvalue weighted by Crippen LogP contribution is 2.19. The van der Waals surface area contributed by atoms with Crippen molar-refractivity contribution in [3.05, 3.63) is 23.9 Å². The summed E-state index contributed by atoms with van der Waals surface area (Å²) in [5.74, 6) is 0.824. The van der Waals surface area contributed by atoms with Gasteiger partial charge in [0.15, 0.2) is 0 Å². The first-order valence-corrected chi connectivity index (χ1v) is 5.85. The second-order valence-corrected chi connectivity index (χ2v) is 4.39. The van der Waals surface area contributed by atoms with Gasteiger partial charge in [-0.2, -0.15) is 0 Å². The minimum absolute atomic E-state index is 0.0450. The summed E-state index contributed by atoms with van der Waals surface area (Å²) in [5.41, 5.74) is 6.60. The third kappa shape index (κ3) is 3.17. The van der Waals surface area contributed by atoms with Gasteiger partial charge in [0.25, 0.3) is 0 Å². The van der Waals surface area contributed by atoms with Crippen molar-refractivity contribution in [3.63, 3.8) is 0 Å². The van der Waals surface area contributed by atoms with Crippen molar-refractivity contribution >= 4 is 11.7 Å². The van der Waals surface area contributed by atoms with Gasteiger partial charge in [-0.05, 0) is 18.9 Å². The smallest absolute Gasteiger partial charge is 0.239 e. The number of carbonyl (C=O) groups is 1. The number of anilines is 1. The standard InChI is InChI=1S/C12H18N4O/c1-16(8-11(17)15-10-4-5-10)12-9(7-13)3-2-6-14-12/h2-3,6,10H,4-5,7-8,13H2,1H3,(H,15,17). The van der Waals surface area contributed by atoms with E-state index in [0.717, 1.165) is 24.2 Å². The Hall–Kier alpha value is -1.62. The molecule has 0 radical (unpaired) electrons. The molecule has 1 aromatic rings. The van der Waals surface area contributed by atoms with Gasteiger partial charge in [0, 0.05) is 31.4 Å². The lowest BCUT2D eigenvalue weighted by Crippen LogP contribution is -2.37. The molecule has 1 aliphatic carbocycles. The van der Waals surface area contributed by atoms with Crippen LogP contribution in [0.5, 0.6) is 0 Å². The van der Waals surface area contributed by atoms with Gasteiger partial charge in [-0.1, -0.05) is 6.07 Å². The van der Waals surface area contributed by atoms with E-state index in [9.17, 15) is 4.79 Å². The molecule has 1 heterocycles. The van der Waals surface area contributed by atoms with Crippen LogP contribution in [0, 0.1) is 0 Å². The molecule has 0 unspecified atom stereocenters. The maximum atomic E-state index is 11.7. The summed E-state index contributed by atoms with van der Waals surface area (Å²) in [4.78, 5) is 17.8. The van der Waals surface area contributed by atoms with Gasteiger partial charge >= 0.3 is 0 Å². The molecule has 1 saturated carbocycles. The van der Waals surface area contributed by atoms with Crippen molar-refractivity contribution in [1.82, 2.24) is 10.3 Å². The highest BCUT2D eigenvalue weighted by Gasteiger charge is 2.23. The van der Waals surface area contributed by atoms with Crippen LogP contribution in [0.25, 0.3) is 0 Å². The van der Waals surface area contributed by atoms with Crippen LogP contribution < -0.4 is 16.0 Å². The van der Waals surface area contributed by atoms with Crippen LogP contribution in [-0.4, -0.2) is 30.5 Å². The maximum absolute atomic E-state index is 11.7. The number of amides is 1. The highest BCUT2D eigenvalue weighted by molar-refractivity contribution is 5.81. The fourth-order valence-electron chi connectivity index (χ4n) is 1.72. The first-order valence-electron chi connectivity index (χ1n) is 5.85. The van der Waals surface area contributed by atoms with Gasteiger partial charge in [-0.25, -0.2) is 4.98 Å². The van der Waals surface area contributed by atoms with E-state index in [1.54, 1.807) is 6.20 Å². The molecule has 0 atom stereocenters. The van der Waals surface area contributed by atoms with Gasteiger partial charge in [0.2, 0.25) is 5.91 Å². The number of nitrogens with zero attached hydrogens (tertiary/aromatic N) is 2. The Bertz CT molecular complexity index is 403. The monoisotopic (exact) mass is 234 g/mol. The predicted octanol–water partition coefficient (Wildman–Crippen LogP) is 0.255. The van der Waals surface area contributed by atoms with Gasteiger partial charge in [-0.3, -0.25) is 4.79 Å². The molecule has 0 bridgehead atoms. The minimum atomic E-state index is 0.0450. The average molecular weight is 234 g/mol. The molecule has 0 aromatic carbocycles. The van der Waals surface area contributed by atoms with Crippen LogP contribution in [-0.2, 0) is 11.3 Å². The third-order valence-electron chi connectivity index (χ3n) is 2.77. The number of hydrogen-bond acceptors (Lipinski definition) is 4. The molecule has 1 amide bonds. The molecule has 2 rings (SSSR count). The largest absolute Gasteiger partial charge is 0.352 e. The Balaban J connectivity index is 1.97. The van der Waals surface area contributed by atoms with E-state index in [4.69, 9.17) is 5.73 Å². The topological polar surface area (TPSA) is 71.2 Å². The summed E-state index contributed by atoms with van der Waals surface area (Å²) in [7, 11) is 1.86. The molecule has 0 spiro atoms. The zero-order chi connectivity index (χ0) is 12.3. The van der Waals surface area contributed by atoms with Crippen LogP contribution in [0.3, 0.4) is 0 Å². The van der Waals surface area contributed by atoms with E-state index in [1.165, 1.54) is 0 Å². The molecule has 1 fully saturated rings. The molecule has 92 valence electrons. The zero-order valence-electron chi connectivity index (χ0n) is 10.0. The molecule has 1 aromatic heterocycles. The predicted molar refractivity (Wildman–Crippen MR) is 66.6 cm³/mol. The molecule has 1 aliphatic rings. The molecule has 5 heteroatoms. The Morgan fingerprint density at radius 1 is 1.65 bits per heavy atom. The first-order chi connectivity index (χ1) is 8.20. The lowest BCUT2D eigenvalue weighted by molar-refractivity contribution is -0.119. The Labute approximate surface area is 101 Å². The molecule has 0 aliphatic heterocycles. The Kier molecular flexibility index (Phi) is 3.58. The third-order valence-corrected chi connectivity index (χ3v) is 2.77. The highest BCUT2D eigenvalue weighted by atomic mass is 16.2. The van der Waals surface area contributed by atoms with Crippen molar-refractivity contribution in [3.8, 4) is 0 Å². The normalized spacial score (nSPS) is 14.5. The second kappa shape index (κ2) is 5.14. The molecular formula is C12H18N4O. The maximum Gasteiger partial charge on any atom is 0.239 e. The van der Waals surface area contributed by atoms with E-state index < -0.39 is 0 Å². The number of pyridine rings is 1. The van der Waals surface area contributed by atoms with Crippen molar-refractivity contribution in [2.45, 2.75) is 25.4 Å². The molecular weight excluding hydrogens is 216 g/mol. The van der Waals surface area contributed by atoms with Crippen LogP contribution in [0.15, 0.2) is 18.3 Å². The number of aromatic nitrogens is 1. The molecule has 0 saturated heterocycles. The average Bonchev–Trinajstić information content (AvgIpc) is 3.12. The Morgan fingerprint density at radius 2 is 2.41 bits per heavy atom. The van der Waals surface area contributed by atoms with Crippen molar-refractivity contribution in [2.75, 3.05) is 18.5 Å². The number of hydrogen-bond donors (Lipinski definition) is 2. The summed E-state index contributed by atoms with van der Waals surface area (Å²) < 4.78 is 0. The summed E-state index contributed by atoms with van der Waals surface area (Å²) in [6.07, 6.45) is 3.92. The summed E-state index contributed by atoms with van der Waals surface area (Å²) >= 11 is 0. The van der Waals surface area contributed by atoms with Crippen LogP contribution in [0.1, 0.15) is 18.4 Å². The minimum Gasteiger partial charge on any atom is -0.352 e. The lowest BCUT2D eigenvalue weighted by atomic mass is 10.2. The number of nitrogens with two attached hydrogens (primary N) is 1. The second-order valence-electron chi connectivity index (χ2n) is 4.39. The number of likely N-dealkylation sites (N-methyl/N-ethyl adjacent to an activating group) is 1. The van der Waals surface area contributed by atoms with E-state index >= 15 is 0 Å². The first kappa shape index (κ1) is 11.9. The van der Waals surface area contributed by atoms with Crippen molar-refractivity contribution in [2.24, 2.45) is 5.73 Å². The van der Waals surface area contributed by atoms with E-state index in [2.05, 4.69) is 10.3 Å². The van der Waals surface area contributed by atoms with Crippen LogP contribution in [0.4, 0.5) is 5.82 Å². The number of nitrogens with one attached hydrogen (secondary N) is 1. The fourth-order valence-corrected chi connectivity index (χ4v) is 1.72. The van der Waals surface area contributed by atoms with Gasteiger partial charge in [-0.15, -0.1) is 0 Å². The van der Waals surface area contributed by atoms with Gasteiger partial charge < -0.3 is 16.0 Å². The quantitative estimate of drug-likeness (QED) is 0.766.